The molecule has 1 aromatic carbocycles. The van der Waals surface area contributed by atoms with E-state index in [1.54, 1.807) is 0 Å². The van der Waals surface area contributed by atoms with Gasteiger partial charge in [-0.3, -0.25) is 0 Å². The number of phenolic OH excluding ortho intramolecular Hbond substituents is 1. The second-order valence-electron chi connectivity index (χ2n) is 2.67. The molecule has 0 fully saturated rings. The number of aliphatic hydroxyl groups excluding tert-OH is 1. The first-order chi connectivity index (χ1) is 6.65. The van der Waals surface area contributed by atoms with Crippen LogP contribution in [0.1, 0.15) is 12.0 Å². The summed E-state index contributed by atoms with van der Waals surface area (Å²) in [4.78, 5) is 0. The van der Waals surface area contributed by atoms with Gasteiger partial charge in [0.1, 0.15) is 0 Å². The summed E-state index contributed by atoms with van der Waals surface area (Å²) >= 11 is 5.73. The molecule has 0 heterocycles. The molecule has 0 aromatic heterocycles. The molecule has 14 heavy (non-hydrogen) atoms. The van der Waals surface area contributed by atoms with E-state index in [1.165, 1.54) is 12.1 Å². The summed E-state index contributed by atoms with van der Waals surface area (Å²) in [6, 6.07) is 2.98. The molecule has 0 unspecified atom stereocenters. The number of benzene rings is 1. The fourth-order valence-electron chi connectivity index (χ4n) is 0.929. The van der Waals surface area contributed by atoms with Crippen LogP contribution in [0.15, 0.2) is 12.1 Å². The molecule has 0 aliphatic carbocycles. The molecule has 0 saturated heterocycles. The van der Waals surface area contributed by atoms with Crippen molar-refractivity contribution in [3.8, 4) is 17.6 Å². The Bertz CT molecular complexity index is 393. The van der Waals surface area contributed by atoms with Crippen LogP contribution in [0.4, 0.5) is 5.69 Å². The van der Waals surface area contributed by atoms with E-state index in [2.05, 4.69) is 11.8 Å². The highest BCUT2D eigenvalue weighted by atomic mass is 35.5. The van der Waals surface area contributed by atoms with Gasteiger partial charge in [-0.15, -0.1) is 0 Å². The number of hydrogen-bond donors (Lipinski definition) is 3. The molecule has 0 spiro atoms. The number of nitrogen functional groups attached to an aromatic ring is 1. The standard InChI is InChI=1S/C10H10ClNO2/c11-8-5-7(3-1-2-4-13)10(14)9(12)6-8/h5-6,13-14H,2,4,12H2. The maximum absolute atomic E-state index is 9.47. The summed E-state index contributed by atoms with van der Waals surface area (Å²) in [6.07, 6.45) is 0.353. The summed E-state index contributed by atoms with van der Waals surface area (Å²) < 4.78 is 0. The first kappa shape index (κ1) is 10.7. The Morgan fingerprint density at radius 3 is 2.79 bits per heavy atom. The van der Waals surface area contributed by atoms with E-state index >= 15 is 0 Å². The quantitative estimate of drug-likeness (QED) is 0.373. The Kier molecular flexibility index (Phi) is 3.63. The first-order valence-corrected chi connectivity index (χ1v) is 4.40. The minimum absolute atomic E-state index is 0.0101. The van der Waals surface area contributed by atoms with Gasteiger partial charge in [0.15, 0.2) is 5.75 Å². The summed E-state index contributed by atoms with van der Waals surface area (Å²) in [6.45, 7) is -0.0101. The predicted molar refractivity (Wildman–Crippen MR) is 56.1 cm³/mol. The summed E-state index contributed by atoms with van der Waals surface area (Å²) in [7, 11) is 0. The maximum Gasteiger partial charge on any atom is 0.154 e. The van der Waals surface area contributed by atoms with Crippen molar-refractivity contribution >= 4 is 17.3 Å². The van der Waals surface area contributed by atoms with E-state index in [1.807, 2.05) is 0 Å². The Hall–Kier alpha value is -1.37. The fourth-order valence-corrected chi connectivity index (χ4v) is 1.16. The molecular weight excluding hydrogens is 202 g/mol. The van der Waals surface area contributed by atoms with Crippen LogP contribution in [0.2, 0.25) is 5.02 Å². The third-order valence-corrected chi connectivity index (χ3v) is 1.78. The molecule has 0 aliphatic heterocycles. The molecule has 4 N–H and O–H groups in total. The minimum atomic E-state index is -0.0696. The van der Waals surface area contributed by atoms with Crippen molar-refractivity contribution in [2.24, 2.45) is 0 Å². The normalized spacial score (nSPS) is 9.29. The predicted octanol–water partition coefficient (Wildman–Crippen LogP) is 1.36. The molecule has 0 radical (unpaired) electrons. The average molecular weight is 212 g/mol. The van der Waals surface area contributed by atoms with Crippen molar-refractivity contribution in [1.29, 1.82) is 0 Å². The van der Waals surface area contributed by atoms with Gasteiger partial charge in [0, 0.05) is 11.4 Å². The van der Waals surface area contributed by atoms with E-state index < -0.39 is 0 Å². The van der Waals surface area contributed by atoms with Gasteiger partial charge in [-0.1, -0.05) is 23.4 Å². The van der Waals surface area contributed by atoms with Crippen molar-refractivity contribution in [1.82, 2.24) is 0 Å². The molecule has 0 atom stereocenters. The maximum atomic E-state index is 9.47. The van der Waals surface area contributed by atoms with Crippen LogP contribution in [0.25, 0.3) is 0 Å². The lowest BCUT2D eigenvalue weighted by atomic mass is 10.1. The Labute approximate surface area is 87.1 Å². The summed E-state index contributed by atoms with van der Waals surface area (Å²) in [5.74, 6) is 5.27. The number of nitrogens with two attached hydrogens (primary N) is 1. The van der Waals surface area contributed by atoms with E-state index in [0.29, 0.717) is 17.0 Å². The number of rotatable bonds is 1. The third kappa shape index (κ3) is 2.56. The zero-order valence-corrected chi connectivity index (χ0v) is 8.17. The second-order valence-corrected chi connectivity index (χ2v) is 3.10. The minimum Gasteiger partial charge on any atom is -0.505 e. The zero-order valence-electron chi connectivity index (χ0n) is 7.42. The van der Waals surface area contributed by atoms with Crippen molar-refractivity contribution in [2.75, 3.05) is 12.3 Å². The Morgan fingerprint density at radius 2 is 2.14 bits per heavy atom. The number of aromatic hydroxyl groups is 1. The van der Waals surface area contributed by atoms with Crippen LogP contribution >= 0.6 is 11.6 Å². The molecule has 3 nitrogen and oxygen atoms in total. The van der Waals surface area contributed by atoms with E-state index in [9.17, 15) is 5.11 Å². The molecule has 74 valence electrons. The van der Waals surface area contributed by atoms with Crippen LogP contribution in [0.3, 0.4) is 0 Å². The SMILES string of the molecule is Nc1cc(Cl)cc(C#CCCO)c1O. The van der Waals surface area contributed by atoms with Gasteiger partial charge >= 0.3 is 0 Å². The largest absolute Gasteiger partial charge is 0.505 e. The van der Waals surface area contributed by atoms with Gasteiger partial charge in [0.2, 0.25) is 0 Å². The van der Waals surface area contributed by atoms with Gasteiger partial charge in [0.05, 0.1) is 17.9 Å². The molecule has 4 heteroatoms. The van der Waals surface area contributed by atoms with Crippen LogP contribution in [-0.2, 0) is 0 Å². The van der Waals surface area contributed by atoms with Crippen molar-refractivity contribution in [3.63, 3.8) is 0 Å². The monoisotopic (exact) mass is 211 g/mol. The Morgan fingerprint density at radius 1 is 1.43 bits per heavy atom. The average Bonchev–Trinajstić information content (AvgIpc) is 2.13. The Balaban J connectivity index is 3.04. The van der Waals surface area contributed by atoms with E-state index in [0.717, 1.165) is 0 Å². The number of hydrogen-bond acceptors (Lipinski definition) is 3. The molecule has 0 bridgehead atoms. The molecule has 0 amide bonds. The summed E-state index contributed by atoms with van der Waals surface area (Å²) in [5.41, 5.74) is 6.05. The second kappa shape index (κ2) is 4.75. The van der Waals surface area contributed by atoms with Crippen molar-refractivity contribution < 1.29 is 10.2 Å². The highest BCUT2D eigenvalue weighted by molar-refractivity contribution is 6.31. The topological polar surface area (TPSA) is 66.5 Å². The molecule has 1 rings (SSSR count). The lowest BCUT2D eigenvalue weighted by molar-refractivity contribution is 0.305. The summed E-state index contributed by atoms with van der Waals surface area (Å²) in [5, 5.41) is 18.4. The van der Waals surface area contributed by atoms with Crippen LogP contribution in [-0.4, -0.2) is 16.8 Å². The van der Waals surface area contributed by atoms with E-state index in [-0.39, 0.29) is 18.0 Å². The highest BCUT2D eigenvalue weighted by Crippen LogP contribution is 2.28. The fraction of sp³-hybridized carbons (Fsp3) is 0.200. The molecule has 0 saturated carbocycles. The number of anilines is 1. The van der Waals surface area contributed by atoms with Crippen LogP contribution < -0.4 is 5.73 Å². The van der Waals surface area contributed by atoms with Crippen LogP contribution in [0.5, 0.6) is 5.75 Å². The van der Waals surface area contributed by atoms with Gasteiger partial charge in [-0.25, -0.2) is 0 Å². The van der Waals surface area contributed by atoms with Crippen molar-refractivity contribution in [3.05, 3.63) is 22.7 Å². The first-order valence-electron chi connectivity index (χ1n) is 4.03. The molecular formula is C10H10ClNO2. The highest BCUT2D eigenvalue weighted by Gasteiger charge is 2.03. The molecule has 1 aromatic rings. The third-order valence-electron chi connectivity index (χ3n) is 1.56. The van der Waals surface area contributed by atoms with E-state index in [4.69, 9.17) is 22.4 Å². The van der Waals surface area contributed by atoms with Gasteiger partial charge in [-0.05, 0) is 12.1 Å². The van der Waals surface area contributed by atoms with Crippen molar-refractivity contribution in [2.45, 2.75) is 6.42 Å². The smallest absolute Gasteiger partial charge is 0.154 e. The van der Waals surface area contributed by atoms with Gasteiger partial charge < -0.3 is 15.9 Å². The number of halogens is 1. The number of phenols is 1. The zero-order chi connectivity index (χ0) is 10.6. The molecule has 0 aliphatic rings. The van der Waals surface area contributed by atoms with Gasteiger partial charge in [0.25, 0.3) is 0 Å². The lowest BCUT2D eigenvalue weighted by Crippen LogP contribution is -1.88. The van der Waals surface area contributed by atoms with Gasteiger partial charge in [-0.2, -0.15) is 0 Å². The van der Waals surface area contributed by atoms with Crippen LogP contribution in [0, 0.1) is 11.8 Å². The number of aliphatic hydroxyl groups is 1. The lowest BCUT2D eigenvalue weighted by Gasteiger charge is -2.01.